The standard InChI is InChI=1S/C11H11BrO2/c1-14-11(13)8-4-6-9-5-2-3-7-10(9)12/h2-5,7-8H,6H2,1H3. The molecule has 0 aliphatic carbocycles. The lowest BCUT2D eigenvalue weighted by atomic mass is 10.1. The van der Waals surface area contributed by atoms with Gasteiger partial charge in [-0.2, -0.15) is 0 Å². The summed E-state index contributed by atoms with van der Waals surface area (Å²) in [5.74, 6) is -0.322. The smallest absolute Gasteiger partial charge is 0.330 e. The van der Waals surface area contributed by atoms with E-state index in [-0.39, 0.29) is 5.97 Å². The Balaban J connectivity index is 2.58. The molecule has 1 rings (SSSR count). The molecule has 0 bridgehead atoms. The Hall–Kier alpha value is -1.09. The van der Waals surface area contributed by atoms with Gasteiger partial charge in [0.05, 0.1) is 7.11 Å². The van der Waals surface area contributed by atoms with E-state index >= 15 is 0 Å². The zero-order valence-electron chi connectivity index (χ0n) is 7.87. The van der Waals surface area contributed by atoms with Gasteiger partial charge in [-0.25, -0.2) is 4.79 Å². The number of ether oxygens (including phenoxy) is 1. The number of rotatable bonds is 3. The number of esters is 1. The number of hydrogen-bond acceptors (Lipinski definition) is 2. The third kappa shape index (κ3) is 3.34. The summed E-state index contributed by atoms with van der Waals surface area (Å²) in [5.41, 5.74) is 1.15. The first-order valence-corrected chi connectivity index (χ1v) is 5.01. The van der Waals surface area contributed by atoms with Gasteiger partial charge < -0.3 is 4.74 Å². The van der Waals surface area contributed by atoms with Gasteiger partial charge in [0.2, 0.25) is 0 Å². The topological polar surface area (TPSA) is 26.3 Å². The van der Waals surface area contributed by atoms with Crippen molar-refractivity contribution in [1.82, 2.24) is 0 Å². The zero-order chi connectivity index (χ0) is 10.4. The fraction of sp³-hybridized carbons (Fsp3) is 0.182. The largest absolute Gasteiger partial charge is 0.466 e. The number of benzene rings is 1. The maximum atomic E-state index is 10.8. The molecule has 74 valence electrons. The van der Waals surface area contributed by atoms with Crippen LogP contribution in [0.4, 0.5) is 0 Å². The fourth-order valence-corrected chi connectivity index (χ4v) is 1.46. The quantitative estimate of drug-likeness (QED) is 0.613. The molecule has 1 aromatic rings. The first kappa shape index (κ1) is 11.0. The third-order valence-corrected chi connectivity index (χ3v) is 2.52. The Bertz CT molecular complexity index is 345. The van der Waals surface area contributed by atoms with Gasteiger partial charge in [-0.15, -0.1) is 0 Å². The van der Waals surface area contributed by atoms with Crippen LogP contribution in [0.3, 0.4) is 0 Å². The maximum Gasteiger partial charge on any atom is 0.330 e. The highest BCUT2D eigenvalue weighted by Gasteiger charge is 1.95. The Kier molecular flexibility index (Phi) is 4.40. The summed E-state index contributed by atoms with van der Waals surface area (Å²) >= 11 is 3.43. The molecule has 1 aromatic carbocycles. The first-order valence-electron chi connectivity index (χ1n) is 4.22. The average Bonchev–Trinajstić information content (AvgIpc) is 2.20. The lowest BCUT2D eigenvalue weighted by Crippen LogP contribution is -1.94. The van der Waals surface area contributed by atoms with E-state index in [0.717, 1.165) is 16.5 Å². The van der Waals surface area contributed by atoms with Crippen LogP contribution >= 0.6 is 15.9 Å². The van der Waals surface area contributed by atoms with E-state index < -0.39 is 0 Å². The number of carbonyl (C=O) groups is 1. The number of hydrogen-bond donors (Lipinski definition) is 0. The predicted octanol–water partition coefficient (Wildman–Crippen LogP) is 2.72. The Morgan fingerprint density at radius 3 is 2.86 bits per heavy atom. The lowest BCUT2D eigenvalue weighted by Gasteiger charge is -1.98. The first-order chi connectivity index (χ1) is 6.74. The Labute approximate surface area is 91.7 Å². The number of carbonyl (C=O) groups excluding carboxylic acids is 1. The highest BCUT2D eigenvalue weighted by atomic mass is 79.9. The highest BCUT2D eigenvalue weighted by molar-refractivity contribution is 9.10. The van der Waals surface area contributed by atoms with Gasteiger partial charge in [0.15, 0.2) is 0 Å². The van der Waals surface area contributed by atoms with Gasteiger partial charge in [-0.3, -0.25) is 0 Å². The summed E-state index contributed by atoms with van der Waals surface area (Å²) in [7, 11) is 1.37. The summed E-state index contributed by atoms with van der Waals surface area (Å²) < 4.78 is 5.53. The summed E-state index contributed by atoms with van der Waals surface area (Å²) in [6, 6.07) is 7.90. The lowest BCUT2D eigenvalue weighted by molar-refractivity contribution is -0.134. The minimum atomic E-state index is -0.322. The molecule has 0 amide bonds. The summed E-state index contributed by atoms with van der Waals surface area (Å²) in [5, 5.41) is 0. The van der Waals surface area contributed by atoms with Crippen molar-refractivity contribution >= 4 is 21.9 Å². The fourth-order valence-electron chi connectivity index (χ4n) is 1.01. The van der Waals surface area contributed by atoms with Gasteiger partial charge in [0, 0.05) is 10.5 Å². The van der Waals surface area contributed by atoms with E-state index in [2.05, 4.69) is 20.7 Å². The van der Waals surface area contributed by atoms with Crippen molar-refractivity contribution in [2.45, 2.75) is 6.42 Å². The van der Waals surface area contributed by atoms with Crippen LogP contribution in [-0.2, 0) is 16.0 Å². The van der Waals surface area contributed by atoms with E-state index in [1.54, 1.807) is 6.08 Å². The molecule has 0 aliphatic heterocycles. The molecule has 0 atom stereocenters. The van der Waals surface area contributed by atoms with Crippen molar-refractivity contribution in [3.63, 3.8) is 0 Å². The van der Waals surface area contributed by atoms with Crippen LogP contribution < -0.4 is 0 Å². The Morgan fingerprint density at radius 2 is 2.21 bits per heavy atom. The van der Waals surface area contributed by atoms with Crippen LogP contribution in [0, 0.1) is 0 Å². The van der Waals surface area contributed by atoms with Crippen molar-refractivity contribution in [3.05, 3.63) is 46.5 Å². The second-order valence-electron chi connectivity index (χ2n) is 2.72. The van der Waals surface area contributed by atoms with Crippen LogP contribution in [0.1, 0.15) is 5.56 Å². The van der Waals surface area contributed by atoms with Gasteiger partial charge in [-0.05, 0) is 18.1 Å². The van der Waals surface area contributed by atoms with E-state index in [1.165, 1.54) is 13.2 Å². The monoisotopic (exact) mass is 254 g/mol. The van der Waals surface area contributed by atoms with E-state index in [4.69, 9.17) is 0 Å². The van der Waals surface area contributed by atoms with Gasteiger partial charge in [0.25, 0.3) is 0 Å². The average molecular weight is 255 g/mol. The molecule has 0 spiro atoms. The molecule has 0 aromatic heterocycles. The van der Waals surface area contributed by atoms with Crippen LogP contribution in [0.2, 0.25) is 0 Å². The molecule has 3 heteroatoms. The number of halogens is 1. The molecule has 0 unspecified atom stereocenters. The van der Waals surface area contributed by atoms with Gasteiger partial charge in [0.1, 0.15) is 0 Å². The molecule has 0 radical (unpaired) electrons. The van der Waals surface area contributed by atoms with Crippen LogP contribution in [-0.4, -0.2) is 13.1 Å². The van der Waals surface area contributed by atoms with Crippen LogP contribution in [0.15, 0.2) is 40.9 Å². The molecule has 2 nitrogen and oxygen atoms in total. The minimum Gasteiger partial charge on any atom is -0.466 e. The SMILES string of the molecule is COC(=O)C=CCc1ccccc1Br. The number of allylic oxidation sites excluding steroid dienone is 1. The molecular formula is C11H11BrO2. The van der Waals surface area contributed by atoms with Crippen LogP contribution in [0.5, 0.6) is 0 Å². The minimum absolute atomic E-state index is 0.322. The van der Waals surface area contributed by atoms with Crippen LogP contribution in [0.25, 0.3) is 0 Å². The van der Waals surface area contributed by atoms with Crippen molar-refractivity contribution in [2.75, 3.05) is 7.11 Å². The van der Waals surface area contributed by atoms with E-state index in [0.29, 0.717) is 0 Å². The van der Waals surface area contributed by atoms with Crippen molar-refractivity contribution < 1.29 is 9.53 Å². The molecule has 0 N–H and O–H groups in total. The molecular weight excluding hydrogens is 244 g/mol. The van der Waals surface area contributed by atoms with E-state index in [9.17, 15) is 4.79 Å². The van der Waals surface area contributed by atoms with Crippen molar-refractivity contribution in [1.29, 1.82) is 0 Å². The molecule has 14 heavy (non-hydrogen) atoms. The second kappa shape index (κ2) is 5.60. The number of methoxy groups -OCH3 is 1. The Morgan fingerprint density at radius 1 is 1.50 bits per heavy atom. The third-order valence-electron chi connectivity index (χ3n) is 1.75. The highest BCUT2D eigenvalue weighted by Crippen LogP contribution is 2.16. The molecule has 0 fully saturated rings. The van der Waals surface area contributed by atoms with Gasteiger partial charge in [-0.1, -0.05) is 40.2 Å². The van der Waals surface area contributed by atoms with Crippen molar-refractivity contribution in [3.8, 4) is 0 Å². The predicted molar refractivity (Wildman–Crippen MR) is 59.0 cm³/mol. The van der Waals surface area contributed by atoms with E-state index in [1.807, 2.05) is 24.3 Å². The molecule has 0 aliphatic rings. The summed E-state index contributed by atoms with van der Waals surface area (Å²) in [4.78, 5) is 10.8. The van der Waals surface area contributed by atoms with Gasteiger partial charge >= 0.3 is 5.97 Å². The van der Waals surface area contributed by atoms with Crippen molar-refractivity contribution in [2.24, 2.45) is 0 Å². The normalized spacial score (nSPS) is 10.4. The summed E-state index contributed by atoms with van der Waals surface area (Å²) in [6.07, 6.45) is 3.93. The molecule has 0 saturated heterocycles. The summed E-state index contributed by atoms with van der Waals surface area (Å²) in [6.45, 7) is 0. The second-order valence-corrected chi connectivity index (χ2v) is 3.58. The maximum absolute atomic E-state index is 10.8. The molecule has 0 saturated carbocycles. The molecule has 0 heterocycles. The zero-order valence-corrected chi connectivity index (χ0v) is 9.45.